The lowest BCUT2D eigenvalue weighted by molar-refractivity contribution is -0.123. The minimum Gasteiger partial charge on any atom is -0.355 e. The van der Waals surface area contributed by atoms with Crippen LogP contribution in [0.2, 0.25) is 0 Å². The topological polar surface area (TPSA) is 66.5 Å². The maximum atomic E-state index is 12.4. The van der Waals surface area contributed by atoms with Crippen molar-refractivity contribution in [2.24, 2.45) is 5.92 Å². The number of carbonyl (C=O) groups excluding carboxylic acids is 1. The van der Waals surface area contributed by atoms with E-state index in [-0.39, 0.29) is 11.7 Å². The molecule has 19 heavy (non-hydrogen) atoms. The maximum Gasteiger partial charge on any atom is 0.238 e. The predicted molar refractivity (Wildman–Crippen MR) is 74.2 cm³/mol. The molecule has 6 heteroatoms. The fourth-order valence-electron chi connectivity index (χ4n) is 3.03. The molecule has 1 saturated heterocycles. The van der Waals surface area contributed by atoms with Gasteiger partial charge in [0.15, 0.2) is 0 Å². The fourth-order valence-corrected chi connectivity index (χ4v) is 4.88. The second-order valence-electron chi connectivity index (χ2n) is 5.69. The van der Waals surface area contributed by atoms with Gasteiger partial charge in [0.1, 0.15) is 6.04 Å². The summed E-state index contributed by atoms with van der Waals surface area (Å²) in [4.78, 5) is 11.7. The van der Waals surface area contributed by atoms with Gasteiger partial charge >= 0.3 is 0 Å². The van der Waals surface area contributed by atoms with Gasteiger partial charge in [-0.3, -0.25) is 4.79 Å². The molecule has 0 spiro atoms. The molecule has 5 nitrogen and oxygen atoms in total. The largest absolute Gasteiger partial charge is 0.355 e. The van der Waals surface area contributed by atoms with Gasteiger partial charge in [-0.25, -0.2) is 8.42 Å². The molecule has 1 saturated carbocycles. The van der Waals surface area contributed by atoms with E-state index in [0.29, 0.717) is 25.4 Å². The number of amides is 1. The zero-order chi connectivity index (χ0) is 13.9. The van der Waals surface area contributed by atoms with Crippen LogP contribution in [0.15, 0.2) is 0 Å². The van der Waals surface area contributed by atoms with Gasteiger partial charge in [0.05, 0.1) is 5.75 Å². The smallest absolute Gasteiger partial charge is 0.238 e. The van der Waals surface area contributed by atoms with Crippen molar-refractivity contribution in [3.8, 4) is 0 Å². The van der Waals surface area contributed by atoms with Crippen LogP contribution in [0.4, 0.5) is 0 Å². The number of sulfonamides is 1. The Kier molecular flexibility index (Phi) is 4.84. The van der Waals surface area contributed by atoms with Crippen molar-refractivity contribution < 1.29 is 13.2 Å². The molecule has 2 aliphatic rings. The third-order valence-corrected chi connectivity index (χ3v) is 6.25. The molecule has 1 aliphatic carbocycles. The van der Waals surface area contributed by atoms with Gasteiger partial charge < -0.3 is 5.32 Å². The van der Waals surface area contributed by atoms with Crippen LogP contribution in [0.5, 0.6) is 0 Å². The first-order chi connectivity index (χ1) is 9.00. The second-order valence-corrected chi connectivity index (χ2v) is 7.73. The van der Waals surface area contributed by atoms with Crippen molar-refractivity contribution in [3.63, 3.8) is 0 Å². The SMILES string of the molecule is CC1C(=O)NCCCN1S(=O)(=O)CCC1CCCC1. The Balaban J connectivity index is 1.98. The normalized spacial score (nSPS) is 27.2. The molecule has 0 aromatic rings. The molecule has 2 fully saturated rings. The van der Waals surface area contributed by atoms with E-state index in [1.165, 1.54) is 17.1 Å². The Morgan fingerprint density at radius 2 is 1.95 bits per heavy atom. The Morgan fingerprint density at radius 1 is 1.26 bits per heavy atom. The van der Waals surface area contributed by atoms with Gasteiger partial charge in [-0.2, -0.15) is 4.31 Å². The van der Waals surface area contributed by atoms with Gasteiger partial charge in [-0.05, 0) is 25.7 Å². The molecule has 0 bridgehead atoms. The van der Waals surface area contributed by atoms with Gasteiger partial charge in [-0.1, -0.05) is 25.7 Å². The van der Waals surface area contributed by atoms with Crippen LogP contribution in [-0.2, 0) is 14.8 Å². The fraction of sp³-hybridized carbons (Fsp3) is 0.923. The minimum atomic E-state index is -3.30. The molecule has 1 heterocycles. The summed E-state index contributed by atoms with van der Waals surface area (Å²) < 4.78 is 26.2. The monoisotopic (exact) mass is 288 g/mol. The van der Waals surface area contributed by atoms with Crippen LogP contribution in [0.3, 0.4) is 0 Å². The number of carbonyl (C=O) groups is 1. The van der Waals surface area contributed by atoms with Crippen molar-refractivity contribution in [3.05, 3.63) is 0 Å². The molecule has 1 atom stereocenters. The summed E-state index contributed by atoms with van der Waals surface area (Å²) in [7, 11) is -3.30. The van der Waals surface area contributed by atoms with Crippen LogP contribution in [-0.4, -0.2) is 43.5 Å². The summed E-state index contributed by atoms with van der Waals surface area (Å²) in [6.07, 6.45) is 6.21. The summed E-state index contributed by atoms with van der Waals surface area (Å²) >= 11 is 0. The summed E-state index contributed by atoms with van der Waals surface area (Å²) in [6.45, 7) is 2.69. The Bertz CT molecular complexity index is 416. The van der Waals surface area contributed by atoms with Gasteiger partial charge in [0.2, 0.25) is 15.9 Å². The Labute approximate surface area is 115 Å². The molecular weight excluding hydrogens is 264 g/mol. The zero-order valence-corrected chi connectivity index (χ0v) is 12.4. The first-order valence-electron chi connectivity index (χ1n) is 7.28. The van der Waals surface area contributed by atoms with E-state index >= 15 is 0 Å². The summed E-state index contributed by atoms with van der Waals surface area (Å²) in [5.41, 5.74) is 0. The van der Waals surface area contributed by atoms with Crippen molar-refractivity contribution >= 4 is 15.9 Å². The van der Waals surface area contributed by atoms with E-state index in [4.69, 9.17) is 0 Å². The molecule has 1 amide bonds. The highest BCUT2D eigenvalue weighted by Crippen LogP contribution is 2.28. The van der Waals surface area contributed by atoms with Crippen molar-refractivity contribution in [1.82, 2.24) is 9.62 Å². The molecule has 0 aromatic carbocycles. The van der Waals surface area contributed by atoms with E-state index in [1.54, 1.807) is 6.92 Å². The van der Waals surface area contributed by atoms with Crippen LogP contribution in [0.1, 0.15) is 45.4 Å². The standard InChI is InChI=1S/C13H24N2O3S/c1-11-13(16)14-8-4-9-15(11)19(17,18)10-7-12-5-2-3-6-12/h11-12H,2-10H2,1H3,(H,14,16). The number of nitrogens with one attached hydrogen (secondary N) is 1. The third-order valence-electron chi connectivity index (χ3n) is 4.28. The average molecular weight is 288 g/mol. The van der Waals surface area contributed by atoms with Crippen LogP contribution in [0, 0.1) is 5.92 Å². The molecule has 0 aromatic heterocycles. The van der Waals surface area contributed by atoms with E-state index in [2.05, 4.69) is 5.32 Å². The predicted octanol–water partition coefficient (Wildman–Crippen LogP) is 1.11. The maximum absolute atomic E-state index is 12.4. The van der Waals surface area contributed by atoms with Crippen LogP contribution < -0.4 is 5.32 Å². The lowest BCUT2D eigenvalue weighted by atomic mass is 10.1. The summed E-state index contributed by atoms with van der Waals surface area (Å²) in [5, 5.41) is 2.75. The summed E-state index contributed by atoms with van der Waals surface area (Å²) in [5.74, 6) is 0.572. The lowest BCUT2D eigenvalue weighted by Crippen LogP contribution is -2.46. The highest BCUT2D eigenvalue weighted by molar-refractivity contribution is 7.89. The number of nitrogens with zero attached hydrogens (tertiary/aromatic N) is 1. The molecule has 1 N–H and O–H groups in total. The third kappa shape index (κ3) is 3.69. The number of hydrogen-bond donors (Lipinski definition) is 1. The second kappa shape index (κ2) is 6.22. The number of rotatable bonds is 4. The van der Waals surface area contributed by atoms with Crippen LogP contribution in [0.25, 0.3) is 0 Å². The van der Waals surface area contributed by atoms with E-state index < -0.39 is 16.1 Å². The zero-order valence-electron chi connectivity index (χ0n) is 11.6. The van der Waals surface area contributed by atoms with E-state index in [0.717, 1.165) is 19.3 Å². The Morgan fingerprint density at radius 3 is 2.63 bits per heavy atom. The summed E-state index contributed by atoms with van der Waals surface area (Å²) in [6, 6.07) is -0.573. The molecule has 110 valence electrons. The molecular formula is C13H24N2O3S. The van der Waals surface area contributed by atoms with Gasteiger partial charge in [0, 0.05) is 13.1 Å². The average Bonchev–Trinajstić information content (AvgIpc) is 2.82. The highest BCUT2D eigenvalue weighted by Gasteiger charge is 2.33. The van der Waals surface area contributed by atoms with Gasteiger partial charge in [0.25, 0.3) is 0 Å². The minimum absolute atomic E-state index is 0.179. The highest BCUT2D eigenvalue weighted by atomic mass is 32.2. The number of hydrogen-bond acceptors (Lipinski definition) is 3. The van der Waals surface area contributed by atoms with Crippen molar-refractivity contribution in [1.29, 1.82) is 0 Å². The van der Waals surface area contributed by atoms with E-state index in [9.17, 15) is 13.2 Å². The van der Waals surface area contributed by atoms with Crippen molar-refractivity contribution in [2.45, 2.75) is 51.5 Å². The quantitative estimate of drug-likeness (QED) is 0.842. The molecule has 2 rings (SSSR count). The Hall–Kier alpha value is -0.620. The molecule has 0 radical (unpaired) electrons. The van der Waals surface area contributed by atoms with Gasteiger partial charge in [-0.15, -0.1) is 0 Å². The molecule has 1 aliphatic heterocycles. The lowest BCUT2D eigenvalue weighted by Gasteiger charge is -2.25. The molecule has 1 unspecified atom stereocenters. The first-order valence-corrected chi connectivity index (χ1v) is 8.89. The first kappa shape index (κ1) is 14.8. The van der Waals surface area contributed by atoms with E-state index in [1.807, 2.05) is 0 Å². The van der Waals surface area contributed by atoms with Crippen molar-refractivity contribution in [2.75, 3.05) is 18.8 Å². The van der Waals surface area contributed by atoms with Crippen LogP contribution >= 0.6 is 0 Å².